The van der Waals surface area contributed by atoms with Gasteiger partial charge in [-0.2, -0.15) is 0 Å². The molecule has 2 atom stereocenters. The van der Waals surface area contributed by atoms with Crippen molar-refractivity contribution in [2.45, 2.75) is 38.4 Å². The first-order valence-electron chi connectivity index (χ1n) is 14.1. The smallest absolute Gasteiger partial charge is 0.251 e. The summed E-state index contributed by atoms with van der Waals surface area (Å²) in [5, 5.41) is 9.39. The van der Waals surface area contributed by atoms with Gasteiger partial charge in [0.25, 0.3) is 5.91 Å². The number of para-hydroxylation sites is 1. The Morgan fingerprint density at radius 1 is 1.12 bits per heavy atom. The number of amides is 1. The van der Waals surface area contributed by atoms with Crippen molar-refractivity contribution in [2.75, 3.05) is 5.32 Å². The molecule has 2 aromatic carbocycles. The van der Waals surface area contributed by atoms with Crippen molar-refractivity contribution in [2.24, 2.45) is 10.9 Å². The number of aryl methyl sites for hydroxylation is 1. The highest BCUT2D eigenvalue weighted by molar-refractivity contribution is 6.12. The highest BCUT2D eigenvalue weighted by atomic mass is 16.5. The van der Waals surface area contributed by atoms with Gasteiger partial charge >= 0.3 is 0 Å². The summed E-state index contributed by atoms with van der Waals surface area (Å²) in [6, 6.07) is 18.6. The fraction of sp³-hybridized carbons (Fsp3) is 0.206. The number of anilines is 1. The van der Waals surface area contributed by atoms with Crippen molar-refractivity contribution in [1.29, 1.82) is 0 Å². The monoisotopic (exact) mass is 557 g/mol. The zero-order chi connectivity index (χ0) is 29.1. The van der Waals surface area contributed by atoms with E-state index in [2.05, 4.69) is 32.5 Å². The molecule has 42 heavy (non-hydrogen) atoms. The number of ether oxygens (including phenoxy) is 1. The number of fused-ring (bicyclic) bond motifs is 1. The molecular formula is C34H31N5O3. The Kier molecular flexibility index (Phi) is 7.54. The number of carbonyl (C=O) groups is 1. The molecule has 3 aromatic rings. The predicted molar refractivity (Wildman–Crippen MR) is 165 cm³/mol. The Hall–Kier alpha value is -5.20. The first-order chi connectivity index (χ1) is 20.5. The molecule has 0 spiro atoms. The Balaban J connectivity index is 1.26. The van der Waals surface area contributed by atoms with E-state index in [0.29, 0.717) is 22.9 Å². The number of hydrogen-bond donors (Lipinski definition) is 3. The molecule has 8 nitrogen and oxygen atoms in total. The Bertz CT molecular complexity index is 1680. The second-order valence-electron chi connectivity index (χ2n) is 10.5. The molecule has 0 radical (unpaired) electrons. The molecule has 1 amide bonds. The van der Waals surface area contributed by atoms with Crippen LogP contribution in [0.2, 0.25) is 0 Å². The molecule has 0 saturated heterocycles. The molecule has 3 aliphatic rings. The van der Waals surface area contributed by atoms with E-state index in [9.17, 15) is 9.59 Å². The molecule has 1 saturated carbocycles. The van der Waals surface area contributed by atoms with Crippen LogP contribution in [0.25, 0.3) is 16.9 Å². The zero-order valence-corrected chi connectivity index (χ0v) is 23.3. The van der Waals surface area contributed by atoms with Crippen LogP contribution in [-0.2, 0) is 20.7 Å². The van der Waals surface area contributed by atoms with Gasteiger partial charge in [0.1, 0.15) is 17.9 Å². The van der Waals surface area contributed by atoms with E-state index in [1.165, 1.54) is 12.8 Å². The fourth-order valence-electron chi connectivity index (χ4n) is 5.13. The minimum Gasteiger partial charge on any atom is -0.428 e. The van der Waals surface area contributed by atoms with Crippen LogP contribution < -0.4 is 16.0 Å². The Morgan fingerprint density at radius 2 is 1.90 bits per heavy atom. The Labute approximate surface area is 244 Å². The van der Waals surface area contributed by atoms with Crippen molar-refractivity contribution in [3.63, 3.8) is 0 Å². The maximum Gasteiger partial charge on any atom is 0.251 e. The van der Waals surface area contributed by atoms with Gasteiger partial charge in [0.15, 0.2) is 11.8 Å². The van der Waals surface area contributed by atoms with Gasteiger partial charge in [-0.05, 0) is 66.7 Å². The van der Waals surface area contributed by atoms with E-state index >= 15 is 0 Å². The number of rotatable bonds is 9. The van der Waals surface area contributed by atoms with Gasteiger partial charge in [0, 0.05) is 41.0 Å². The van der Waals surface area contributed by atoms with Crippen molar-refractivity contribution in [3.8, 4) is 0 Å². The molecule has 0 bridgehead atoms. The van der Waals surface area contributed by atoms with E-state index in [1.54, 1.807) is 6.20 Å². The second kappa shape index (κ2) is 11.7. The first kappa shape index (κ1) is 27.0. The van der Waals surface area contributed by atoms with Crippen molar-refractivity contribution < 1.29 is 14.3 Å². The number of nitrogens with one attached hydrogen (secondary N) is 3. The molecule has 1 aromatic heterocycles. The van der Waals surface area contributed by atoms with Gasteiger partial charge in [0.2, 0.25) is 5.76 Å². The lowest BCUT2D eigenvalue weighted by Gasteiger charge is -2.20. The average Bonchev–Trinajstić information content (AvgIpc) is 3.89. The summed E-state index contributed by atoms with van der Waals surface area (Å²) in [5.74, 6) is 2.02. The number of hydrogen-bond acceptors (Lipinski definition) is 7. The van der Waals surface area contributed by atoms with Gasteiger partial charge < -0.3 is 20.7 Å². The summed E-state index contributed by atoms with van der Waals surface area (Å²) < 4.78 is 5.89. The first-order valence-corrected chi connectivity index (χ1v) is 14.1. The highest BCUT2D eigenvalue weighted by Crippen LogP contribution is 2.35. The summed E-state index contributed by atoms with van der Waals surface area (Å²) >= 11 is 0. The van der Waals surface area contributed by atoms with Gasteiger partial charge in [-0.1, -0.05) is 55.5 Å². The predicted octanol–water partition coefficient (Wildman–Crippen LogP) is 5.10. The minimum absolute atomic E-state index is 0.00801. The summed E-state index contributed by atoms with van der Waals surface area (Å²) in [4.78, 5) is 34.7. The molecule has 6 rings (SSSR count). The lowest BCUT2D eigenvalue weighted by atomic mass is 9.95. The van der Waals surface area contributed by atoms with Gasteiger partial charge in [0.05, 0.1) is 0 Å². The summed E-state index contributed by atoms with van der Waals surface area (Å²) in [5.41, 5.74) is 6.23. The Morgan fingerprint density at radius 3 is 2.62 bits per heavy atom. The summed E-state index contributed by atoms with van der Waals surface area (Å²) in [6.07, 6.45) is 10.5. The SMILES string of the molecule is C=C(NC1C=C(c2ccccc2)c2ccccc2NC1=O)OC(=C=O)c1ncc(CC)cc1C1=CNC(C2CC2)N=C1. The number of pyridine rings is 1. The number of aliphatic imine (C=N–C) groups is 1. The van der Waals surface area contributed by atoms with Crippen LogP contribution in [0.15, 0.2) is 96.6 Å². The van der Waals surface area contributed by atoms with Crippen LogP contribution in [-0.4, -0.2) is 35.3 Å². The standard InChI is InChI=1S/C34H31N5O3/c1-3-22-15-28(25-18-36-33(37-19-25)24-13-14-24)32(35-17-22)31(20-40)42-21(2)38-30-16-27(23-9-5-4-6-10-23)26-11-7-8-12-29(26)39-34(30)41/h4-12,15-19,24,30,33,36,38H,2-3,13-14H2,1H3,(H,39,41). The van der Waals surface area contributed by atoms with Crippen molar-refractivity contribution >= 4 is 40.7 Å². The van der Waals surface area contributed by atoms with Crippen molar-refractivity contribution in [1.82, 2.24) is 15.6 Å². The molecule has 2 unspecified atom stereocenters. The fourth-order valence-corrected chi connectivity index (χ4v) is 5.13. The lowest BCUT2D eigenvalue weighted by Crippen LogP contribution is -2.38. The summed E-state index contributed by atoms with van der Waals surface area (Å²) in [7, 11) is 0. The summed E-state index contributed by atoms with van der Waals surface area (Å²) in [6.45, 7) is 6.00. The number of aromatic nitrogens is 1. The number of carbonyl (C=O) groups excluding carboxylic acids is 2. The normalized spacial score (nSPS) is 19.1. The van der Waals surface area contributed by atoms with Gasteiger partial charge in [-0.25, -0.2) is 4.79 Å². The molecule has 3 N–H and O–H groups in total. The molecule has 210 valence electrons. The van der Waals surface area contributed by atoms with Crippen LogP contribution in [0.4, 0.5) is 5.69 Å². The van der Waals surface area contributed by atoms with Crippen LogP contribution in [0.3, 0.4) is 0 Å². The molecule has 1 fully saturated rings. The minimum atomic E-state index is -0.834. The van der Waals surface area contributed by atoms with E-state index < -0.39 is 6.04 Å². The van der Waals surface area contributed by atoms with Gasteiger partial charge in [-0.3, -0.25) is 14.8 Å². The van der Waals surface area contributed by atoms with E-state index in [0.717, 1.165) is 34.3 Å². The largest absolute Gasteiger partial charge is 0.428 e. The third-order valence-corrected chi connectivity index (χ3v) is 7.54. The average molecular weight is 558 g/mol. The van der Waals surface area contributed by atoms with E-state index in [-0.39, 0.29) is 23.7 Å². The number of benzene rings is 2. The van der Waals surface area contributed by atoms with Gasteiger partial charge in [-0.15, -0.1) is 0 Å². The maximum atomic E-state index is 13.3. The van der Waals surface area contributed by atoms with Crippen LogP contribution in [0.5, 0.6) is 0 Å². The molecule has 2 aliphatic heterocycles. The maximum absolute atomic E-state index is 13.3. The van der Waals surface area contributed by atoms with E-state index in [1.807, 2.05) is 92.0 Å². The molecular weight excluding hydrogens is 526 g/mol. The topological polar surface area (TPSA) is 105 Å². The van der Waals surface area contributed by atoms with Crippen molar-refractivity contribution in [3.05, 3.63) is 120 Å². The lowest BCUT2D eigenvalue weighted by molar-refractivity contribution is -0.117. The number of allylic oxidation sites excluding steroid dienone is 1. The zero-order valence-electron chi connectivity index (χ0n) is 23.3. The van der Waals surface area contributed by atoms with Crippen LogP contribution in [0, 0.1) is 5.92 Å². The second-order valence-corrected chi connectivity index (χ2v) is 10.5. The molecule has 8 heteroatoms. The molecule has 3 heterocycles. The van der Waals surface area contributed by atoms with Crippen LogP contribution >= 0.6 is 0 Å². The highest BCUT2D eigenvalue weighted by Gasteiger charge is 2.32. The third-order valence-electron chi connectivity index (χ3n) is 7.54. The van der Waals surface area contributed by atoms with E-state index in [4.69, 9.17) is 4.74 Å². The quantitative estimate of drug-likeness (QED) is 0.250. The van der Waals surface area contributed by atoms with Crippen LogP contribution in [0.1, 0.15) is 47.7 Å². The third kappa shape index (κ3) is 5.66. The number of nitrogens with zero attached hydrogens (tertiary/aromatic N) is 2. The molecule has 1 aliphatic carbocycles.